The summed E-state index contributed by atoms with van der Waals surface area (Å²) in [5, 5.41) is 2.33. The Morgan fingerprint density at radius 1 is 1.09 bits per heavy atom. The maximum atomic E-state index is 15.0. The highest BCUT2D eigenvalue weighted by molar-refractivity contribution is 7.90. The van der Waals surface area contributed by atoms with Crippen LogP contribution in [0, 0.1) is 23.3 Å². The van der Waals surface area contributed by atoms with Crippen LogP contribution < -0.4 is 20.5 Å². The van der Waals surface area contributed by atoms with E-state index in [0.717, 1.165) is 31.4 Å². The number of anilines is 3. The fraction of sp³-hybridized carbons (Fsp3) is 0.0909. The minimum absolute atomic E-state index is 0.255. The first kappa shape index (κ1) is 25.6. The summed E-state index contributed by atoms with van der Waals surface area (Å²) in [6.07, 6.45) is 1.85. The Balaban J connectivity index is 2.03. The molecule has 1 amide bonds. The van der Waals surface area contributed by atoms with E-state index in [2.05, 4.69) is 16.9 Å². The van der Waals surface area contributed by atoms with Gasteiger partial charge < -0.3 is 11.1 Å². The van der Waals surface area contributed by atoms with Crippen molar-refractivity contribution in [3.63, 3.8) is 0 Å². The van der Waals surface area contributed by atoms with Gasteiger partial charge in [-0.1, -0.05) is 18.7 Å². The molecule has 0 aliphatic carbocycles. The molecule has 0 aliphatic rings. The summed E-state index contributed by atoms with van der Waals surface area (Å²) in [5.41, 5.74) is 3.56. The molecule has 3 rings (SSSR count). The molecule has 0 aliphatic heterocycles. The molecule has 13 heteroatoms. The van der Waals surface area contributed by atoms with Crippen molar-refractivity contribution >= 4 is 39.4 Å². The van der Waals surface area contributed by atoms with E-state index in [9.17, 15) is 26.4 Å². The predicted octanol–water partition coefficient (Wildman–Crippen LogP) is 3.59. The van der Waals surface area contributed by atoms with E-state index in [-0.39, 0.29) is 11.3 Å². The van der Waals surface area contributed by atoms with Gasteiger partial charge in [0.1, 0.15) is 5.82 Å². The third-order valence-electron chi connectivity index (χ3n) is 4.89. The number of primary amides is 1. The molecule has 1 aromatic heterocycles. The number of amides is 1. The Kier molecular flexibility index (Phi) is 7.41. The van der Waals surface area contributed by atoms with Crippen molar-refractivity contribution in [1.29, 1.82) is 0 Å². The van der Waals surface area contributed by atoms with E-state index in [4.69, 9.17) is 5.73 Å². The molecule has 184 valence electrons. The molecule has 0 bridgehead atoms. The van der Waals surface area contributed by atoms with Crippen LogP contribution in [0.2, 0.25) is 0 Å². The molecular formula is C22H19F4N5O3S. The van der Waals surface area contributed by atoms with Gasteiger partial charge in [0, 0.05) is 19.7 Å². The van der Waals surface area contributed by atoms with Crippen molar-refractivity contribution in [2.45, 2.75) is 6.42 Å². The Bertz CT molecular complexity index is 1430. The summed E-state index contributed by atoms with van der Waals surface area (Å²) >= 11 is 0. The number of nitrogens with zero attached hydrogens (tertiary/aromatic N) is 1. The second-order valence-corrected chi connectivity index (χ2v) is 8.76. The maximum Gasteiger partial charge on any atom is 0.300 e. The van der Waals surface area contributed by atoms with Crippen molar-refractivity contribution in [2.75, 3.05) is 17.1 Å². The van der Waals surface area contributed by atoms with Crippen LogP contribution in [0.1, 0.15) is 27.0 Å². The van der Waals surface area contributed by atoms with Crippen molar-refractivity contribution in [3.8, 4) is 0 Å². The van der Waals surface area contributed by atoms with Crippen LogP contribution in [0.5, 0.6) is 0 Å². The number of aromatic nitrogens is 1. The second kappa shape index (κ2) is 10.1. The number of pyridine rings is 1. The molecule has 0 saturated carbocycles. The van der Waals surface area contributed by atoms with Crippen LogP contribution in [0.3, 0.4) is 0 Å². The van der Waals surface area contributed by atoms with Crippen LogP contribution in [-0.4, -0.2) is 26.4 Å². The minimum Gasteiger partial charge on any atom is -0.366 e. The number of nitrogens with two attached hydrogens (primary N) is 1. The molecule has 0 spiro atoms. The van der Waals surface area contributed by atoms with Gasteiger partial charge in [0.2, 0.25) is 0 Å². The lowest BCUT2D eigenvalue weighted by molar-refractivity contribution is 0.100. The molecule has 0 atom stereocenters. The van der Waals surface area contributed by atoms with Crippen LogP contribution >= 0.6 is 0 Å². The van der Waals surface area contributed by atoms with Gasteiger partial charge in [-0.15, -0.1) is 0 Å². The van der Waals surface area contributed by atoms with Crippen LogP contribution in [0.15, 0.2) is 43.1 Å². The second-order valence-electron chi connectivity index (χ2n) is 7.14. The molecule has 0 saturated heterocycles. The standard InChI is InChI=1S/C22H19F4N5O3S/c1-3-11-4-5-16(15(23)8-11)30-20-14(21(27)32)10-13(17(24)19(20)26)9-12-6-7-29-22(18(12)25)31-35(33,34)28-2/h3-8,10,28,30H,1,9H2,2H3,(H2,27,32)(H,29,31). The lowest BCUT2D eigenvalue weighted by atomic mass is 10.00. The van der Waals surface area contributed by atoms with E-state index in [0.29, 0.717) is 5.56 Å². The zero-order valence-electron chi connectivity index (χ0n) is 18.1. The third kappa shape index (κ3) is 5.58. The van der Waals surface area contributed by atoms with E-state index >= 15 is 4.39 Å². The third-order valence-corrected chi connectivity index (χ3v) is 5.89. The average Bonchev–Trinajstić information content (AvgIpc) is 2.81. The molecule has 0 unspecified atom stereocenters. The first-order valence-electron chi connectivity index (χ1n) is 9.81. The maximum absolute atomic E-state index is 15.0. The van der Waals surface area contributed by atoms with E-state index in [1.807, 2.05) is 9.44 Å². The lowest BCUT2D eigenvalue weighted by Gasteiger charge is -2.16. The Labute approximate surface area is 198 Å². The summed E-state index contributed by atoms with van der Waals surface area (Å²) in [7, 11) is -3.02. The normalized spacial score (nSPS) is 11.2. The number of carbonyl (C=O) groups excluding carboxylic acids is 1. The number of hydrogen-bond acceptors (Lipinski definition) is 5. The number of halogens is 4. The quantitative estimate of drug-likeness (QED) is 0.328. The number of hydrogen-bond donors (Lipinski definition) is 4. The molecule has 2 aromatic carbocycles. The predicted molar refractivity (Wildman–Crippen MR) is 123 cm³/mol. The van der Waals surface area contributed by atoms with Gasteiger partial charge in [0.15, 0.2) is 23.3 Å². The number of nitrogens with one attached hydrogen (secondary N) is 3. The Hall–Kier alpha value is -3.97. The average molecular weight is 509 g/mol. The molecule has 0 radical (unpaired) electrons. The van der Waals surface area contributed by atoms with Crippen molar-refractivity contribution in [3.05, 3.63) is 88.6 Å². The van der Waals surface area contributed by atoms with Gasteiger partial charge in [-0.25, -0.2) is 27.3 Å². The fourth-order valence-electron chi connectivity index (χ4n) is 3.09. The van der Waals surface area contributed by atoms with Gasteiger partial charge >= 0.3 is 0 Å². The summed E-state index contributed by atoms with van der Waals surface area (Å²) in [6, 6.07) is 5.81. The van der Waals surface area contributed by atoms with Gasteiger partial charge in [0.05, 0.1) is 16.9 Å². The topological polar surface area (TPSA) is 126 Å². The highest BCUT2D eigenvalue weighted by atomic mass is 32.2. The Morgan fingerprint density at radius 3 is 2.40 bits per heavy atom. The van der Waals surface area contributed by atoms with Gasteiger partial charge in [0.25, 0.3) is 16.1 Å². The number of carbonyl (C=O) groups is 1. The van der Waals surface area contributed by atoms with E-state index in [1.165, 1.54) is 18.2 Å². The molecular weight excluding hydrogens is 490 g/mol. The molecule has 0 fully saturated rings. The first-order valence-corrected chi connectivity index (χ1v) is 11.3. The number of rotatable bonds is 9. The fourth-order valence-corrected chi connectivity index (χ4v) is 3.59. The van der Waals surface area contributed by atoms with Crippen LogP contribution in [-0.2, 0) is 16.6 Å². The van der Waals surface area contributed by atoms with Gasteiger partial charge in [-0.2, -0.15) is 8.42 Å². The molecule has 35 heavy (non-hydrogen) atoms. The summed E-state index contributed by atoms with van der Waals surface area (Å²) in [4.78, 5) is 15.6. The van der Waals surface area contributed by atoms with Crippen molar-refractivity contribution < 1.29 is 30.8 Å². The zero-order valence-corrected chi connectivity index (χ0v) is 18.9. The smallest absolute Gasteiger partial charge is 0.300 e. The van der Waals surface area contributed by atoms with E-state index < -0.39 is 68.4 Å². The van der Waals surface area contributed by atoms with Gasteiger partial charge in [-0.05, 0) is 41.0 Å². The molecule has 1 heterocycles. The Morgan fingerprint density at radius 2 is 1.80 bits per heavy atom. The molecule has 5 N–H and O–H groups in total. The lowest BCUT2D eigenvalue weighted by Crippen LogP contribution is -2.27. The van der Waals surface area contributed by atoms with E-state index in [1.54, 1.807) is 0 Å². The molecule has 8 nitrogen and oxygen atoms in total. The SMILES string of the molecule is C=Cc1ccc(Nc2c(C(N)=O)cc(Cc3ccnc(NS(=O)(=O)NC)c3F)c(F)c2F)c(F)c1. The van der Waals surface area contributed by atoms with Crippen LogP contribution in [0.4, 0.5) is 34.8 Å². The van der Waals surface area contributed by atoms with Crippen molar-refractivity contribution in [2.24, 2.45) is 5.73 Å². The van der Waals surface area contributed by atoms with Gasteiger partial charge in [-0.3, -0.25) is 9.52 Å². The first-order chi connectivity index (χ1) is 16.5. The van der Waals surface area contributed by atoms with Crippen molar-refractivity contribution in [1.82, 2.24) is 9.71 Å². The summed E-state index contributed by atoms with van der Waals surface area (Å²) in [5.74, 6) is -6.79. The zero-order chi connectivity index (χ0) is 25.9. The minimum atomic E-state index is -4.10. The number of benzene rings is 2. The summed E-state index contributed by atoms with van der Waals surface area (Å²) in [6.45, 7) is 3.50. The molecule has 3 aromatic rings. The monoisotopic (exact) mass is 509 g/mol. The highest BCUT2D eigenvalue weighted by Crippen LogP contribution is 2.31. The van der Waals surface area contributed by atoms with Crippen LogP contribution in [0.25, 0.3) is 6.08 Å². The largest absolute Gasteiger partial charge is 0.366 e. The summed E-state index contributed by atoms with van der Waals surface area (Å²) < 4.78 is 86.1. The highest BCUT2D eigenvalue weighted by Gasteiger charge is 2.24.